The summed E-state index contributed by atoms with van der Waals surface area (Å²) in [6.07, 6.45) is -5.03. The highest BCUT2D eigenvalue weighted by Gasteiger charge is 2.52. The van der Waals surface area contributed by atoms with Gasteiger partial charge in [0.05, 0.1) is 26.4 Å². The van der Waals surface area contributed by atoms with Crippen molar-refractivity contribution in [2.24, 2.45) is 0 Å². The lowest BCUT2D eigenvalue weighted by Crippen LogP contribution is -2.64. The minimum absolute atomic E-state index is 0.191. The van der Waals surface area contributed by atoms with E-state index in [0.29, 0.717) is 0 Å². The Labute approximate surface area is 235 Å². The Morgan fingerprint density at radius 2 is 0.775 bits per heavy atom. The molecular weight excluding hydrogens is 504 g/mol. The maximum Gasteiger partial charge on any atom is 0.195 e. The molecule has 4 aromatic rings. The van der Waals surface area contributed by atoms with E-state index in [1.165, 1.54) is 0 Å². The zero-order valence-electron chi connectivity index (χ0n) is 22.3. The van der Waals surface area contributed by atoms with Gasteiger partial charge in [-0.15, -0.1) is 0 Å². The van der Waals surface area contributed by atoms with E-state index in [1.807, 2.05) is 121 Å². The smallest absolute Gasteiger partial charge is 0.195 e. The Kier molecular flexibility index (Phi) is 9.85. The van der Waals surface area contributed by atoms with Gasteiger partial charge in [0.25, 0.3) is 0 Å². The number of rotatable bonds is 12. The first-order chi connectivity index (χ1) is 19.7. The Morgan fingerprint density at radius 1 is 0.450 bits per heavy atom. The lowest BCUT2D eigenvalue weighted by atomic mass is 9.85. The van der Waals surface area contributed by atoms with E-state index < -0.39 is 36.3 Å². The number of carbonyl (C=O) groups excluding carboxylic acids is 1. The normalized spacial score (nSPS) is 22.7. The predicted octanol–water partition coefficient (Wildman–Crippen LogP) is 5.27. The van der Waals surface area contributed by atoms with E-state index in [9.17, 15) is 9.90 Å². The fourth-order valence-corrected chi connectivity index (χ4v) is 4.83. The molecule has 0 bridgehead atoms. The summed E-state index contributed by atoms with van der Waals surface area (Å²) < 4.78 is 25.2. The van der Waals surface area contributed by atoms with E-state index in [-0.39, 0.29) is 26.4 Å². The molecule has 0 heterocycles. The van der Waals surface area contributed by atoms with E-state index in [2.05, 4.69) is 0 Å². The summed E-state index contributed by atoms with van der Waals surface area (Å²) in [5.41, 5.74) is 3.75. The second-order valence-electron chi connectivity index (χ2n) is 9.85. The van der Waals surface area contributed by atoms with Crippen LogP contribution < -0.4 is 0 Å². The van der Waals surface area contributed by atoms with Crippen LogP contribution in [0.4, 0.5) is 0 Å². The number of aliphatic hydroxyl groups is 1. The highest BCUT2D eigenvalue weighted by molar-refractivity contribution is 5.89. The Morgan fingerprint density at radius 3 is 1.18 bits per heavy atom. The zero-order chi connectivity index (χ0) is 27.6. The third-order valence-corrected chi connectivity index (χ3v) is 6.96. The van der Waals surface area contributed by atoms with Gasteiger partial charge in [-0.05, 0) is 22.3 Å². The summed E-state index contributed by atoms with van der Waals surface area (Å²) in [5.74, 6) is -0.480. The van der Waals surface area contributed by atoms with Gasteiger partial charge >= 0.3 is 0 Å². The summed E-state index contributed by atoms with van der Waals surface area (Å²) in [6, 6.07) is 38.7. The number of ketones is 1. The first kappa shape index (κ1) is 27.9. The Bertz CT molecular complexity index is 1300. The first-order valence-electron chi connectivity index (χ1n) is 13.5. The van der Waals surface area contributed by atoms with Crippen molar-refractivity contribution in [3.63, 3.8) is 0 Å². The highest BCUT2D eigenvalue weighted by Crippen LogP contribution is 2.30. The van der Waals surface area contributed by atoms with Crippen LogP contribution in [-0.2, 0) is 50.2 Å². The van der Waals surface area contributed by atoms with E-state index in [4.69, 9.17) is 18.9 Å². The fraction of sp³-hybridized carbons (Fsp3) is 0.265. The van der Waals surface area contributed by atoms with Crippen molar-refractivity contribution >= 4 is 5.78 Å². The van der Waals surface area contributed by atoms with Gasteiger partial charge in [-0.25, -0.2) is 0 Å². The van der Waals surface area contributed by atoms with Crippen LogP contribution in [0.2, 0.25) is 0 Å². The third-order valence-electron chi connectivity index (χ3n) is 6.96. The molecular formula is C34H34O6. The molecule has 0 saturated heterocycles. The van der Waals surface area contributed by atoms with E-state index in [1.54, 1.807) is 0 Å². The number of hydrogen-bond acceptors (Lipinski definition) is 6. The molecule has 6 heteroatoms. The molecule has 1 aliphatic carbocycles. The van der Waals surface area contributed by atoms with Gasteiger partial charge in [-0.3, -0.25) is 4.79 Å². The average molecular weight is 539 g/mol. The summed E-state index contributed by atoms with van der Waals surface area (Å²) in [4.78, 5) is 13.6. The van der Waals surface area contributed by atoms with Gasteiger partial charge in [0.2, 0.25) is 0 Å². The van der Waals surface area contributed by atoms with Gasteiger partial charge in [0.15, 0.2) is 5.78 Å². The van der Waals surface area contributed by atoms with Crippen molar-refractivity contribution in [2.75, 3.05) is 0 Å². The monoisotopic (exact) mass is 538 g/mol. The molecule has 1 aliphatic rings. The maximum atomic E-state index is 13.6. The molecule has 5 atom stereocenters. The maximum absolute atomic E-state index is 13.6. The number of Topliss-reactive ketones (excluding diaryl/α,β-unsaturated/α-hetero) is 1. The lowest BCUT2D eigenvalue weighted by molar-refractivity contribution is -0.231. The van der Waals surface area contributed by atoms with Gasteiger partial charge in [0.1, 0.15) is 30.5 Å². The second-order valence-corrected chi connectivity index (χ2v) is 9.85. The molecule has 4 aromatic carbocycles. The Balaban J connectivity index is 1.43. The predicted molar refractivity (Wildman–Crippen MR) is 151 cm³/mol. The van der Waals surface area contributed by atoms with Crippen LogP contribution in [0, 0.1) is 0 Å². The summed E-state index contributed by atoms with van der Waals surface area (Å²) in [7, 11) is 0. The summed E-state index contributed by atoms with van der Waals surface area (Å²) in [6.45, 7) is 0.906. The van der Waals surface area contributed by atoms with Crippen molar-refractivity contribution in [3.8, 4) is 0 Å². The topological polar surface area (TPSA) is 74.2 Å². The minimum Gasteiger partial charge on any atom is -0.382 e. The van der Waals surface area contributed by atoms with Gasteiger partial charge in [-0.2, -0.15) is 0 Å². The third kappa shape index (κ3) is 7.30. The molecule has 5 rings (SSSR count). The summed E-state index contributed by atoms with van der Waals surface area (Å²) >= 11 is 0. The van der Waals surface area contributed by atoms with Crippen LogP contribution in [0.15, 0.2) is 121 Å². The van der Waals surface area contributed by atoms with Crippen LogP contribution in [-0.4, -0.2) is 41.4 Å². The molecule has 1 saturated carbocycles. The molecule has 0 amide bonds. The number of carbonyl (C=O) groups is 1. The number of aliphatic hydroxyl groups excluding tert-OH is 1. The van der Waals surface area contributed by atoms with Crippen LogP contribution in [0.25, 0.3) is 0 Å². The van der Waals surface area contributed by atoms with Crippen molar-refractivity contribution in [3.05, 3.63) is 144 Å². The van der Waals surface area contributed by atoms with Crippen LogP contribution in [0.1, 0.15) is 22.3 Å². The summed E-state index contributed by atoms with van der Waals surface area (Å²) in [5, 5.41) is 11.3. The van der Waals surface area contributed by atoms with Crippen LogP contribution in [0.5, 0.6) is 0 Å². The van der Waals surface area contributed by atoms with Crippen molar-refractivity contribution in [2.45, 2.75) is 56.9 Å². The number of ether oxygens (including phenoxy) is 4. The van der Waals surface area contributed by atoms with E-state index >= 15 is 0 Å². The van der Waals surface area contributed by atoms with Gasteiger partial charge in [-0.1, -0.05) is 121 Å². The van der Waals surface area contributed by atoms with Crippen LogP contribution in [0.3, 0.4) is 0 Å². The number of hydrogen-bond donors (Lipinski definition) is 1. The highest BCUT2D eigenvalue weighted by atomic mass is 16.6. The Hall–Kier alpha value is -3.65. The second kappa shape index (κ2) is 14.1. The minimum atomic E-state index is -1.44. The average Bonchev–Trinajstić information content (AvgIpc) is 3.01. The molecule has 1 N–H and O–H groups in total. The largest absolute Gasteiger partial charge is 0.382 e. The zero-order valence-corrected chi connectivity index (χ0v) is 22.3. The molecule has 6 nitrogen and oxygen atoms in total. The fourth-order valence-electron chi connectivity index (χ4n) is 4.83. The molecule has 40 heavy (non-hydrogen) atoms. The van der Waals surface area contributed by atoms with E-state index in [0.717, 1.165) is 22.3 Å². The van der Waals surface area contributed by atoms with Crippen molar-refractivity contribution in [1.29, 1.82) is 0 Å². The SMILES string of the molecule is O=C1[C@@H](OCc2ccccc2)[C@@H](OCc2ccccc2)[C@H](OCc2ccccc2)[C@@H](OCc2ccccc2)[C@H]1O. The molecule has 0 aliphatic heterocycles. The molecule has 0 radical (unpaired) electrons. The number of benzene rings is 4. The molecule has 1 fully saturated rings. The van der Waals surface area contributed by atoms with Crippen LogP contribution >= 0.6 is 0 Å². The van der Waals surface area contributed by atoms with Crippen molar-refractivity contribution in [1.82, 2.24) is 0 Å². The first-order valence-corrected chi connectivity index (χ1v) is 13.5. The lowest BCUT2D eigenvalue weighted by Gasteiger charge is -2.43. The molecule has 0 spiro atoms. The van der Waals surface area contributed by atoms with Gasteiger partial charge < -0.3 is 24.1 Å². The molecule has 206 valence electrons. The quantitative estimate of drug-likeness (QED) is 0.265. The molecule has 0 unspecified atom stereocenters. The van der Waals surface area contributed by atoms with Gasteiger partial charge in [0, 0.05) is 0 Å². The standard InChI is InChI=1S/C34H34O6/c35-29-30(36)32(38-22-26-15-7-2-8-16-26)34(40-24-28-19-11-4-12-20-28)33(39-23-27-17-9-3-10-18-27)31(29)37-21-25-13-5-1-6-14-25/h1-20,29,31-35H,21-24H2/t29-,31-,32+,33+,34+/m0/s1. The molecule has 0 aromatic heterocycles. The van der Waals surface area contributed by atoms with Crippen molar-refractivity contribution < 1.29 is 28.8 Å².